The lowest BCUT2D eigenvalue weighted by molar-refractivity contribution is -0.274. The van der Waals surface area contributed by atoms with E-state index in [-0.39, 0.29) is 22.4 Å². The van der Waals surface area contributed by atoms with Crippen LogP contribution in [0.4, 0.5) is 13.2 Å². The third kappa shape index (κ3) is 4.36. The van der Waals surface area contributed by atoms with Crippen LogP contribution in [0, 0.1) is 0 Å². The van der Waals surface area contributed by atoms with Crippen LogP contribution >= 0.6 is 15.9 Å². The summed E-state index contributed by atoms with van der Waals surface area (Å²) >= 11 is 3.09. The van der Waals surface area contributed by atoms with Gasteiger partial charge in [-0.15, -0.1) is 13.2 Å². The van der Waals surface area contributed by atoms with Crippen molar-refractivity contribution in [1.82, 2.24) is 5.32 Å². The van der Waals surface area contributed by atoms with Crippen molar-refractivity contribution in [3.63, 3.8) is 0 Å². The second-order valence-corrected chi connectivity index (χ2v) is 5.52. The Kier molecular flexibility index (Phi) is 4.93. The Balaban J connectivity index is 1.95. The lowest BCUT2D eigenvalue weighted by Gasteiger charge is -2.16. The van der Waals surface area contributed by atoms with Gasteiger partial charge in [-0.1, -0.05) is 6.07 Å². The monoisotopic (exact) mass is 353 g/mol. The maximum Gasteiger partial charge on any atom is 0.573 e. The van der Waals surface area contributed by atoms with Crippen LogP contribution in [-0.2, 0) is 11.3 Å². The highest BCUT2D eigenvalue weighted by molar-refractivity contribution is 9.10. The molecular weight excluding hydrogens is 339 g/mol. The van der Waals surface area contributed by atoms with E-state index in [1.54, 1.807) is 12.1 Å². The molecule has 1 aromatic rings. The molecular formula is C13H15BrF3NO2. The van der Waals surface area contributed by atoms with Crippen molar-refractivity contribution in [2.24, 2.45) is 0 Å². The van der Waals surface area contributed by atoms with Crippen molar-refractivity contribution in [2.75, 3.05) is 6.61 Å². The number of benzene rings is 1. The van der Waals surface area contributed by atoms with Crippen LogP contribution in [0.3, 0.4) is 0 Å². The third-order valence-electron chi connectivity index (χ3n) is 3.17. The first-order chi connectivity index (χ1) is 9.35. The first-order valence-corrected chi connectivity index (χ1v) is 7.03. The number of hydrogen-bond acceptors (Lipinski definition) is 3. The van der Waals surface area contributed by atoms with E-state index in [9.17, 15) is 13.2 Å². The Labute approximate surface area is 123 Å². The lowest BCUT2D eigenvalue weighted by Crippen LogP contribution is -2.34. The average Bonchev–Trinajstić information content (AvgIpc) is 2.74. The van der Waals surface area contributed by atoms with E-state index in [2.05, 4.69) is 26.0 Å². The first-order valence-electron chi connectivity index (χ1n) is 6.24. The number of ether oxygens (including phenoxy) is 2. The summed E-state index contributed by atoms with van der Waals surface area (Å²) in [5, 5.41) is 3.33. The fourth-order valence-electron chi connectivity index (χ4n) is 2.11. The Bertz CT molecular complexity index is 467. The maximum absolute atomic E-state index is 12.1. The molecule has 0 saturated carbocycles. The topological polar surface area (TPSA) is 30.5 Å². The minimum Gasteiger partial charge on any atom is -0.405 e. The van der Waals surface area contributed by atoms with E-state index >= 15 is 0 Å². The predicted molar refractivity (Wildman–Crippen MR) is 71.5 cm³/mol. The van der Waals surface area contributed by atoms with Crippen LogP contribution in [0.5, 0.6) is 5.75 Å². The predicted octanol–water partition coefficient (Wildman–Crippen LogP) is 3.61. The molecule has 2 unspecified atom stereocenters. The molecule has 1 fully saturated rings. The summed E-state index contributed by atoms with van der Waals surface area (Å²) in [4.78, 5) is 0. The fourth-order valence-corrected chi connectivity index (χ4v) is 2.62. The van der Waals surface area contributed by atoms with E-state index < -0.39 is 6.36 Å². The molecule has 2 rings (SSSR count). The summed E-state index contributed by atoms with van der Waals surface area (Å²) in [7, 11) is 0. The molecule has 0 aliphatic carbocycles. The number of rotatable bonds is 4. The van der Waals surface area contributed by atoms with Gasteiger partial charge in [-0.25, -0.2) is 0 Å². The molecule has 7 heteroatoms. The van der Waals surface area contributed by atoms with Crippen LogP contribution in [0.25, 0.3) is 0 Å². The molecule has 0 bridgehead atoms. The molecule has 1 aromatic carbocycles. The van der Waals surface area contributed by atoms with Gasteiger partial charge >= 0.3 is 6.36 Å². The van der Waals surface area contributed by atoms with Crippen LogP contribution < -0.4 is 10.1 Å². The fraction of sp³-hybridized carbons (Fsp3) is 0.538. The largest absolute Gasteiger partial charge is 0.573 e. The molecule has 0 aromatic heterocycles. The van der Waals surface area contributed by atoms with Crippen LogP contribution in [0.2, 0.25) is 0 Å². The Morgan fingerprint density at radius 2 is 2.20 bits per heavy atom. The van der Waals surface area contributed by atoms with Gasteiger partial charge in [-0.2, -0.15) is 0 Å². The Hall–Kier alpha value is -0.790. The van der Waals surface area contributed by atoms with Crippen LogP contribution in [0.1, 0.15) is 18.9 Å². The number of alkyl halides is 3. The van der Waals surface area contributed by atoms with E-state index in [0.29, 0.717) is 6.54 Å². The summed E-state index contributed by atoms with van der Waals surface area (Å²) in [6.45, 7) is 3.31. The molecule has 3 nitrogen and oxygen atoms in total. The van der Waals surface area contributed by atoms with E-state index in [4.69, 9.17) is 4.74 Å². The second-order valence-electron chi connectivity index (χ2n) is 4.66. The van der Waals surface area contributed by atoms with Gasteiger partial charge in [0.2, 0.25) is 0 Å². The van der Waals surface area contributed by atoms with Gasteiger partial charge in [0.25, 0.3) is 0 Å². The maximum atomic E-state index is 12.1. The summed E-state index contributed by atoms with van der Waals surface area (Å²) < 4.78 is 46.1. The van der Waals surface area contributed by atoms with Gasteiger partial charge in [0.1, 0.15) is 5.75 Å². The zero-order valence-corrected chi connectivity index (χ0v) is 12.4. The van der Waals surface area contributed by atoms with Crippen molar-refractivity contribution >= 4 is 15.9 Å². The van der Waals surface area contributed by atoms with E-state index in [1.807, 2.05) is 6.92 Å². The van der Waals surface area contributed by atoms with Crippen molar-refractivity contribution in [3.05, 3.63) is 28.2 Å². The molecule has 112 valence electrons. The normalized spacial score (nSPS) is 23.1. The highest BCUT2D eigenvalue weighted by atomic mass is 79.9. The molecule has 20 heavy (non-hydrogen) atoms. The summed E-state index contributed by atoms with van der Waals surface area (Å²) in [5.41, 5.74) is 0.880. The minimum atomic E-state index is -4.68. The second kappa shape index (κ2) is 6.32. The SMILES string of the molecule is CC1OCCC1NCc1ccc(OC(F)(F)F)c(Br)c1. The summed E-state index contributed by atoms with van der Waals surface area (Å²) in [5.74, 6) is -0.237. The highest BCUT2D eigenvalue weighted by Gasteiger charge is 2.32. The molecule has 0 spiro atoms. The molecule has 0 amide bonds. The lowest BCUT2D eigenvalue weighted by atomic mass is 10.1. The molecule has 1 saturated heterocycles. The number of halogens is 4. The van der Waals surface area contributed by atoms with Gasteiger partial charge in [0, 0.05) is 19.2 Å². The molecule has 2 atom stereocenters. The van der Waals surface area contributed by atoms with Gasteiger partial charge in [-0.05, 0) is 47.0 Å². The van der Waals surface area contributed by atoms with E-state index in [0.717, 1.165) is 18.6 Å². The van der Waals surface area contributed by atoms with Crippen molar-refractivity contribution < 1.29 is 22.6 Å². The van der Waals surface area contributed by atoms with Crippen molar-refractivity contribution in [2.45, 2.75) is 38.4 Å². The number of nitrogens with one attached hydrogen (secondary N) is 1. The zero-order valence-electron chi connectivity index (χ0n) is 10.8. The standard InChI is InChI=1S/C13H15BrF3NO2/c1-8-11(4-5-19-8)18-7-9-2-3-12(10(14)6-9)20-13(15,16)17/h2-3,6,8,11,18H,4-5,7H2,1H3. The van der Waals surface area contributed by atoms with E-state index in [1.165, 1.54) is 6.07 Å². The molecule has 1 aliphatic rings. The van der Waals surface area contributed by atoms with Crippen molar-refractivity contribution in [1.29, 1.82) is 0 Å². The van der Waals surface area contributed by atoms with Crippen LogP contribution in [-0.4, -0.2) is 25.1 Å². The smallest absolute Gasteiger partial charge is 0.405 e. The average molecular weight is 354 g/mol. The van der Waals surface area contributed by atoms with Gasteiger partial charge in [0.05, 0.1) is 10.6 Å². The molecule has 1 heterocycles. The van der Waals surface area contributed by atoms with Gasteiger partial charge in [-0.3, -0.25) is 0 Å². The van der Waals surface area contributed by atoms with Gasteiger partial charge < -0.3 is 14.8 Å². The van der Waals surface area contributed by atoms with Gasteiger partial charge in [0.15, 0.2) is 0 Å². The van der Waals surface area contributed by atoms with Crippen LogP contribution in [0.15, 0.2) is 22.7 Å². The highest BCUT2D eigenvalue weighted by Crippen LogP contribution is 2.31. The molecule has 1 N–H and O–H groups in total. The zero-order chi connectivity index (χ0) is 14.8. The Morgan fingerprint density at radius 1 is 1.45 bits per heavy atom. The third-order valence-corrected chi connectivity index (χ3v) is 3.79. The van der Waals surface area contributed by atoms with Crippen molar-refractivity contribution in [3.8, 4) is 5.75 Å². The molecule has 1 aliphatic heterocycles. The number of hydrogen-bond donors (Lipinski definition) is 1. The minimum absolute atomic E-state index is 0.159. The first kappa shape index (κ1) is 15.6. The summed E-state index contributed by atoms with van der Waals surface area (Å²) in [6, 6.07) is 4.82. The Morgan fingerprint density at radius 3 is 2.75 bits per heavy atom. The summed E-state index contributed by atoms with van der Waals surface area (Å²) in [6.07, 6.45) is -3.58. The molecule has 0 radical (unpaired) electrons. The quantitative estimate of drug-likeness (QED) is 0.896.